The largest absolute Gasteiger partial charge is 0.468 e. The third-order valence-corrected chi connectivity index (χ3v) is 5.65. The molecule has 0 spiro atoms. The quantitative estimate of drug-likeness (QED) is 0.361. The van der Waals surface area contributed by atoms with Gasteiger partial charge in [-0.1, -0.05) is 48.5 Å². The summed E-state index contributed by atoms with van der Waals surface area (Å²) in [7, 11) is 2.92. The maximum Gasteiger partial charge on any atom is 0.325 e. The number of likely N-dealkylation sites (N-methyl/N-ethyl adjacent to an activating group) is 1. The molecule has 4 rings (SSSR count). The minimum absolute atomic E-state index is 0.111. The molecule has 0 atom stereocenters. The van der Waals surface area contributed by atoms with Crippen molar-refractivity contribution in [3.05, 3.63) is 77.6 Å². The van der Waals surface area contributed by atoms with Gasteiger partial charge in [0.05, 0.1) is 7.11 Å². The first-order valence-electron chi connectivity index (χ1n) is 9.49. The van der Waals surface area contributed by atoms with Crippen LogP contribution in [0.15, 0.2) is 66.5 Å². The number of para-hydroxylation sites is 1. The highest BCUT2D eigenvalue weighted by atomic mass is 32.1. The van der Waals surface area contributed by atoms with Crippen molar-refractivity contribution in [3.63, 3.8) is 0 Å². The van der Waals surface area contributed by atoms with E-state index in [0.29, 0.717) is 12.2 Å². The Morgan fingerprint density at radius 2 is 1.80 bits per heavy atom. The Bertz CT molecular complexity index is 1170. The minimum Gasteiger partial charge on any atom is -0.468 e. The van der Waals surface area contributed by atoms with Crippen LogP contribution in [0.4, 0.5) is 0 Å². The Labute approximate surface area is 179 Å². The summed E-state index contributed by atoms with van der Waals surface area (Å²) in [6.45, 7) is 0.600. The van der Waals surface area contributed by atoms with E-state index in [4.69, 9.17) is 17.0 Å². The average molecular weight is 420 g/mol. The second kappa shape index (κ2) is 8.12. The highest BCUT2D eigenvalue weighted by molar-refractivity contribution is 7.80. The number of amides is 1. The molecule has 1 fully saturated rings. The lowest BCUT2D eigenvalue weighted by molar-refractivity contribution is -0.140. The summed E-state index contributed by atoms with van der Waals surface area (Å²) < 4.78 is 6.92. The van der Waals surface area contributed by atoms with Gasteiger partial charge in [-0.05, 0) is 29.9 Å². The van der Waals surface area contributed by atoms with Gasteiger partial charge in [-0.25, -0.2) is 0 Å². The number of rotatable bonds is 5. The Morgan fingerprint density at radius 3 is 2.53 bits per heavy atom. The van der Waals surface area contributed by atoms with Crippen LogP contribution < -0.4 is 0 Å². The number of methoxy groups -OCH3 is 1. The fraction of sp³-hybridized carbons (Fsp3) is 0.174. The number of nitrogens with zero attached hydrogens (tertiary/aromatic N) is 3. The summed E-state index contributed by atoms with van der Waals surface area (Å²) in [6, 6.07) is 18.2. The van der Waals surface area contributed by atoms with Crippen LogP contribution in [0.2, 0.25) is 0 Å². The first-order valence-corrected chi connectivity index (χ1v) is 9.90. The number of thiocarbonyl (C=S) groups is 1. The van der Waals surface area contributed by atoms with Gasteiger partial charge in [-0.2, -0.15) is 0 Å². The Morgan fingerprint density at radius 1 is 1.10 bits per heavy atom. The Balaban J connectivity index is 1.78. The van der Waals surface area contributed by atoms with E-state index in [1.54, 1.807) is 13.1 Å². The van der Waals surface area contributed by atoms with Gasteiger partial charge in [-0.15, -0.1) is 0 Å². The molecule has 0 N–H and O–H groups in total. The number of carbonyl (C=O) groups excluding carboxylic acids is 2. The van der Waals surface area contributed by atoms with E-state index in [0.717, 1.165) is 16.5 Å². The third-order valence-electron chi connectivity index (χ3n) is 5.15. The van der Waals surface area contributed by atoms with Crippen LogP contribution in [-0.2, 0) is 20.9 Å². The number of esters is 1. The summed E-state index contributed by atoms with van der Waals surface area (Å²) in [5, 5.41) is 1.30. The van der Waals surface area contributed by atoms with Crippen molar-refractivity contribution in [2.75, 3.05) is 20.7 Å². The van der Waals surface area contributed by atoms with E-state index in [-0.39, 0.29) is 17.6 Å². The van der Waals surface area contributed by atoms with Crippen LogP contribution in [0.5, 0.6) is 0 Å². The predicted octanol–water partition coefficient (Wildman–Crippen LogP) is 3.26. The van der Waals surface area contributed by atoms with Gasteiger partial charge in [0.2, 0.25) is 0 Å². The van der Waals surface area contributed by atoms with Gasteiger partial charge >= 0.3 is 5.97 Å². The molecule has 2 aromatic carbocycles. The maximum atomic E-state index is 12.8. The van der Waals surface area contributed by atoms with E-state index in [1.165, 1.54) is 22.5 Å². The van der Waals surface area contributed by atoms with Crippen LogP contribution in [0.1, 0.15) is 11.1 Å². The van der Waals surface area contributed by atoms with Crippen molar-refractivity contribution in [1.29, 1.82) is 0 Å². The molecule has 7 heteroatoms. The summed E-state index contributed by atoms with van der Waals surface area (Å²) in [6.07, 6.45) is 3.82. The Hall–Kier alpha value is -3.45. The molecule has 0 unspecified atom stereocenters. The lowest BCUT2D eigenvalue weighted by atomic mass is 10.1. The third kappa shape index (κ3) is 3.59. The van der Waals surface area contributed by atoms with Crippen molar-refractivity contribution < 1.29 is 14.3 Å². The fourth-order valence-corrected chi connectivity index (χ4v) is 3.84. The van der Waals surface area contributed by atoms with Crippen LogP contribution in [0.3, 0.4) is 0 Å². The number of carbonyl (C=O) groups is 2. The van der Waals surface area contributed by atoms with Gasteiger partial charge in [0.25, 0.3) is 5.91 Å². The van der Waals surface area contributed by atoms with E-state index in [2.05, 4.69) is 22.8 Å². The number of fused-ring (bicyclic) bond motifs is 1. The lowest BCUT2D eigenvalue weighted by Crippen LogP contribution is -2.33. The van der Waals surface area contributed by atoms with Crippen molar-refractivity contribution in [1.82, 2.24) is 14.4 Å². The molecule has 3 aromatic rings. The smallest absolute Gasteiger partial charge is 0.325 e. The molecule has 1 aromatic heterocycles. The monoisotopic (exact) mass is 419 g/mol. The van der Waals surface area contributed by atoms with Crippen LogP contribution in [-0.4, -0.2) is 52.1 Å². The topological polar surface area (TPSA) is 54.8 Å². The first-order chi connectivity index (χ1) is 14.5. The predicted molar refractivity (Wildman–Crippen MR) is 120 cm³/mol. The number of aromatic nitrogens is 1. The molecule has 152 valence electrons. The van der Waals surface area contributed by atoms with E-state index < -0.39 is 5.97 Å². The van der Waals surface area contributed by atoms with Crippen LogP contribution in [0, 0.1) is 0 Å². The minimum atomic E-state index is -0.460. The molecule has 1 amide bonds. The van der Waals surface area contributed by atoms with Gasteiger partial charge in [-0.3, -0.25) is 14.5 Å². The SMILES string of the molecule is COC(=O)CN1C(=S)N(C)C(=O)C1=Cc1cn(Cc2ccccc2)c2ccccc12. The second-order valence-electron chi connectivity index (χ2n) is 7.05. The highest BCUT2D eigenvalue weighted by Gasteiger charge is 2.37. The Kier molecular flexibility index (Phi) is 5.37. The van der Waals surface area contributed by atoms with Gasteiger partial charge in [0, 0.05) is 36.3 Å². The second-order valence-corrected chi connectivity index (χ2v) is 7.42. The fourth-order valence-electron chi connectivity index (χ4n) is 3.59. The number of ether oxygens (including phenoxy) is 1. The molecular weight excluding hydrogens is 398 g/mol. The zero-order chi connectivity index (χ0) is 21.3. The standard InChI is InChI=1S/C23H21N3O3S/c1-24-22(28)20(26(23(24)30)15-21(27)29-2)12-17-14-25(13-16-8-4-3-5-9-16)19-11-7-6-10-18(17)19/h3-12,14H,13,15H2,1-2H3. The number of benzene rings is 2. The van der Waals surface area contributed by atoms with Crippen molar-refractivity contribution in [2.24, 2.45) is 0 Å². The van der Waals surface area contributed by atoms with Crippen LogP contribution in [0.25, 0.3) is 17.0 Å². The summed E-state index contributed by atoms with van der Waals surface area (Å²) in [5.74, 6) is -0.707. The van der Waals surface area contributed by atoms with Gasteiger partial charge < -0.3 is 14.2 Å². The molecule has 1 aliphatic rings. The molecule has 0 aliphatic carbocycles. The normalized spacial score (nSPS) is 15.5. The zero-order valence-corrected chi connectivity index (χ0v) is 17.6. The zero-order valence-electron chi connectivity index (χ0n) is 16.7. The van der Waals surface area contributed by atoms with E-state index in [9.17, 15) is 9.59 Å². The van der Waals surface area contributed by atoms with E-state index >= 15 is 0 Å². The van der Waals surface area contributed by atoms with Gasteiger partial charge in [0.15, 0.2) is 5.11 Å². The number of hydrogen-bond acceptors (Lipinski definition) is 4. The molecule has 30 heavy (non-hydrogen) atoms. The molecular formula is C23H21N3O3S. The summed E-state index contributed by atoms with van der Waals surface area (Å²) >= 11 is 5.36. The van der Waals surface area contributed by atoms with Gasteiger partial charge in [0.1, 0.15) is 12.2 Å². The van der Waals surface area contributed by atoms with Crippen molar-refractivity contribution >= 4 is 46.2 Å². The summed E-state index contributed by atoms with van der Waals surface area (Å²) in [4.78, 5) is 27.6. The van der Waals surface area contributed by atoms with E-state index in [1.807, 2.05) is 42.6 Å². The number of hydrogen-bond donors (Lipinski definition) is 0. The molecule has 0 radical (unpaired) electrons. The molecule has 2 heterocycles. The van der Waals surface area contributed by atoms with Crippen molar-refractivity contribution in [3.8, 4) is 0 Å². The average Bonchev–Trinajstić information content (AvgIpc) is 3.20. The van der Waals surface area contributed by atoms with Crippen molar-refractivity contribution in [2.45, 2.75) is 6.54 Å². The molecule has 0 bridgehead atoms. The highest BCUT2D eigenvalue weighted by Crippen LogP contribution is 2.28. The molecule has 6 nitrogen and oxygen atoms in total. The molecule has 0 saturated carbocycles. The lowest BCUT2D eigenvalue weighted by Gasteiger charge is -2.16. The molecule has 1 saturated heterocycles. The maximum absolute atomic E-state index is 12.8. The molecule has 1 aliphatic heterocycles. The summed E-state index contributed by atoms with van der Waals surface area (Å²) in [5.41, 5.74) is 3.49. The first kappa shape index (κ1) is 19.8. The van der Waals surface area contributed by atoms with Crippen LogP contribution >= 0.6 is 12.2 Å².